The second-order valence-electron chi connectivity index (χ2n) is 5.92. The SMILES string of the molecule is CCC(=O)N(c1cccs1)C(C)CN(C)CCc1ccccc1. The van der Waals surface area contributed by atoms with Crippen LogP contribution in [0.4, 0.5) is 5.00 Å². The van der Waals surface area contributed by atoms with Crippen LogP contribution in [0.2, 0.25) is 0 Å². The van der Waals surface area contributed by atoms with E-state index in [1.807, 2.05) is 35.4 Å². The summed E-state index contributed by atoms with van der Waals surface area (Å²) in [5.74, 6) is 0.191. The molecule has 0 saturated heterocycles. The zero-order valence-electron chi connectivity index (χ0n) is 14.2. The van der Waals surface area contributed by atoms with E-state index in [9.17, 15) is 4.79 Å². The highest BCUT2D eigenvalue weighted by Gasteiger charge is 2.22. The van der Waals surface area contributed by atoms with Crippen molar-refractivity contribution in [3.05, 3.63) is 53.4 Å². The maximum Gasteiger partial charge on any atom is 0.227 e. The molecule has 0 N–H and O–H groups in total. The molecule has 0 aliphatic rings. The lowest BCUT2D eigenvalue weighted by molar-refractivity contribution is -0.118. The largest absolute Gasteiger partial charge is 0.304 e. The molecular weight excluding hydrogens is 304 g/mol. The van der Waals surface area contributed by atoms with Gasteiger partial charge in [0.05, 0.1) is 5.00 Å². The van der Waals surface area contributed by atoms with Crippen LogP contribution in [0.25, 0.3) is 0 Å². The highest BCUT2D eigenvalue weighted by Crippen LogP contribution is 2.24. The lowest BCUT2D eigenvalue weighted by Gasteiger charge is -2.31. The number of carbonyl (C=O) groups excluding carboxylic acids is 1. The van der Waals surface area contributed by atoms with Crippen molar-refractivity contribution in [2.75, 3.05) is 25.0 Å². The average Bonchev–Trinajstić information content (AvgIpc) is 3.08. The molecule has 23 heavy (non-hydrogen) atoms. The van der Waals surface area contributed by atoms with Gasteiger partial charge < -0.3 is 4.90 Å². The molecule has 0 fully saturated rings. The van der Waals surface area contributed by atoms with Gasteiger partial charge in [-0.15, -0.1) is 11.3 Å². The average molecular weight is 330 g/mol. The topological polar surface area (TPSA) is 23.6 Å². The van der Waals surface area contributed by atoms with Crippen molar-refractivity contribution in [2.24, 2.45) is 0 Å². The summed E-state index contributed by atoms with van der Waals surface area (Å²) in [4.78, 5) is 16.6. The number of hydrogen-bond donors (Lipinski definition) is 0. The van der Waals surface area contributed by atoms with Crippen molar-refractivity contribution >= 4 is 22.2 Å². The Morgan fingerprint density at radius 1 is 1.17 bits per heavy atom. The van der Waals surface area contributed by atoms with E-state index < -0.39 is 0 Å². The molecule has 4 heteroatoms. The van der Waals surface area contributed by atoms with Gasteiger partial charge in [-0.25, -0.2) is 0 Å². The summed E-state index contributed by atoms with van der Waals surface area (Å²) >= 11 is 1.63. The van der Waals surface area contributed by atoms with E-state index in [-0.39, 0.29) is 11.9 Å². The molecule has 1 heterocycles. The summed E-state index contributed by atoms with van der Waals surface area (Å²) in [7, 11) is 2.13. The van der Waals surface area contributed by atoms with Crippen molar-refractivity contribution < 1.29 is 4.79 Å². The van der Waals surface area contributed by atoms with Gasteiger partial charge in [0.25, 0.3) is 0 Å². The zero-order valence-corrected chi connectivity index (χ0v) is 15.1. The predicted octanol–water partition coefficient (Wildman–Crippen LogP) is 4.05. The summed E-state index contributed by atoms with van der Waals surface area (Å²) in [5, 5.41) is 3.07. The molecule has 124 valence electrons. The van der Waals surface area contributed by atoms with Crippen LogP contribution in [0.5, 0.6) is 0 Å². The number of thiophene rings is 1. The van der Waals surface area contributed by atoms with Crippen LogP contribution in [0.3, 0.4) is 0 Å². The summed E-state index contributed by atoms with van der Waals surface area (Å²) in [5.41, 5.74) is 1.35. The first-order valence-corrected chi connectivity index (χ1v) is 9.07. The van der Waals surface area contributed by atoms with Crippen LogP contribution in [-0.4, -0.2) is 37.0 Å². The van der Waals surface area contributed by atoms with E-state index in [1.165, 1.54) is 5.56 Å². The molecule has 1 unspecified atom stereocenters. The van der Waals surface area contributed by atoms with Gasteiger partial charge in [-0.05, 0) is 43.5 Å². The third kappa shape index (κ3) is 5.19. The minimum atomic E-state index is 0.168. The van der Waals surface area contributed by atoms with E-state index in [0.29, 0.717) is 6.42 Å². The lowest BCUT2D eigenvalue weighted by Crippen LogP contribution is -2.44. The van der Waals surface area contributed by atoms with Gasteiger partial charge in [-0.1, -0.05) is 37.3 Å². The second-order valence-corrected chi connectivity index (χ2v) is 6.84. The molecule has 2 aromatic rings. The maximum absolute atomic E-state index is 12.3. The smallest absolute Gasteiger partial charge is 0.227 e. The van der Waals surface area contributed by atoms with Gasteiger partial charge in [-0.3, -0.25) is 9.69 Å². The van der Waals surface area contributed by atoms with Crippen LogP contribution in [-0.2, 0) is 11.2 Å². The minimum absolute atomic E-state index is 0.168. The Hall–Kier alpha value is -1.65. The first-order chi connectivity index (χ1) is 11.1. The molecule has 0 radical (unpaired) electrons. The standard InChI is InChI=1S/C19H26N2OS/c1-4-18(22)21(19-11-8-14-23-19)16(2)15-20(3)13-12-17-9-6-5-7-10-17/h5-11,14,16H,4,12-13,15H2,1-3H3. The van der Waals surface area contributed by atoms with Crippen molar-refractivity contribution in [3.63, 3.8) is 0 Å². The molecular formula is C19H26N2OS. The number of rotatable bonds is 8. The Morgan fingerprint density at radius 2 is 1.91 bits per heavy atom. The summed E-state index contributed by atoms with van der Waals surface area (Å²) < 4.78 is 0. The number of anilines is 1. The minimum Gasteiger partial charge on any atom is -0.304 e. The fraction of sp³-hybridized carbons (Fsp3) is 0.421. The quantitative estimate of drug-likeness (QED) is 0.729. The molecule has 3 nitrogen and oxygen atoms in total. The molecule has 0 saturated carbocycles. The summed E-state index contributed by atoms with van der Waals surface area (Å²) in [6.07, 6.45) is 1.57. The van der Waals surface area contributed by atoms with Gasteiger partial charge in [0.15, 0.2) is 0 Å². The Bertz CT molecular complexity index is 583. The van der Waals surface area contributed by atoms with Crippen LogP contribution in [0.15, 0.2) is 47.8 Å². The summed E-state index contributed by atoms with van der Waals surface area (Å²) in [6, 6.07) is 14.7. The molecule has 1 aromatic carbocycles. The first-order valence-electron chi connectivity index (χ1n) is 8.19. The maximum atomic E-state index is 12.3. The van der Waals surface area contributed by atoms with Gasteiger partial charge in [-0.2, -0.15) is 0 Å². The Morgan fingerprint density at radius 3 is 2.52 bits per heavy atom. The van der Waals surface area contributed by atoms with Crippen molar-refractivity contribution in [1.82, 2.24) is 4.90 Å². The van der Waals surface area contributed by atoms with E-state index in [1.54, 1.807) is 11.3 Å². The number of carbonyl (C=O) groups is 1. The Balaban J connectivity index is 1.92. The molecule has 2 rings (SSSR count). The fourth-order valence-electron chi connectivity index (χ4n) is 2.75. The highest BCUT2D eigenvalue weighted by molar-refractivity contribution is 7.14. The first kappa shape index (κ1) is 17.7. The molecule has 0 bridgehead atoms. The van der Waals surface area contributed by atoms with Crippen LogP contribution >= 0.6 is 11.3 Å². The van der Waals surface area contributed by atoms with E-state index >= 15 is 0 Å². The lowest BCUT2D eigenvalue weighted by atomic mass is 10.1. The van der Waals surface area contributed by atoms with Crippen molar-refractivity contribution in [3.8, 4) is 0 Å². The Kier molecular flexibility index (Phi) is 6.81. The molecule has 1 amide bonds. The normalized spacial score (nSPS) is 12.3. The molecule has 1 atom stereocenters. The van der Waals surface area contributed by atoms with E-state index in [0.717, 1.165) is 24.5 Å². The van der Waals surface area contributed by atoms with Crippen molar-refractivity contribution in [2.45, 2.75) is 32.7 Å². The molecule has 0 spiro atoms. The van der Waals surface area contributed by atoms with Crippen molar-refractivity contribution in [1.29, 1.82) is 0 Å². The fourth-order valence-corrected chi connectivity index (χ4v) is 3.60. The third-order valence-electron chi connectivity index (χ3n) is 3.96. The van der Waals surface area contributed by atoms with E-state index in [2.05, 4.69) is 43.1 Å². The van der Waals surface area contributed by atoms with Crippen LogP contribution in [0.1, 0.15) is 25.8 Å². The van der Waals surface area contributed by atoms with Gasteiger partial charge in [0, 0.05) is 25.6 Å². The number of likely N-dealkylation sites (N-methyl/N-ethyl adjacent to an activating group) is 1. The molecule has 0 aliphatic heterocycles. The number of nitrogens with zero attached hydrogens (tertiary/aromatic N) is 2. The van der Waals surface area contributed by atoms with Gasteiger partial charge >= 0.3 is 0 Å². The van der Waals surface area contributed by atoms with E-state index in [4.69, 9.17) is 0 Å². The van der Waals surface area contributed by atoms with Gasteiger partial charge in [0.1, 0.15) is 0 Å². The zero-order chi connectivity index (χ0) is 16.7. The highest BCUT2D eigenvalue weighted by atomic mass is 32.1. The monoisotopic (exact) mass is 330 g/mol. The summed E-state index contributed by atoms with van der Waals surface area (Å²) in [6.45, 7) is 5.92. The number of amides is 1. The number of benzene rings is 1. The second kappa shape index (κ2) is 8.85. The van der Waals surface area contributed by atoms with Crippen LogP contribution in [0, 0.1) is 0 Å². The Labute approximate surface area is 143 Å². The predicted molar refractivity (Wildman–Crippen MR) is 99.2 cm³/mol. The number of hydrogen-bond acceptors (Lipinski definition) is 3. The van der Waals surface area contributed by atoms with Crippen LogP contribution < -0.4 is 4.90 Å². The third-order valence-corrected chi connectivity index (χ3v) is 4.82. The van der Waals surface area contributed by atoms with Gasteiger partial charge in [0.2, 0.25) is 5.91 Å². The molecule has 1 aromatic heterocycles. The molecule has 0 aliphatic carbocycles.